The summed E-state index contributed by atoms with van der Waals surface area (Å²) in [6, 6.07) is 7.59. The number of nitrogens with one attached hydrogen (secondary N) is 1. The summed E-state index contributed by atoms with van der Waals surface area (Å²) in [5, 5.41) is 1.87. The third-order valence-corrected chi connectivity index (χ3v) is 7.01. The lowest BCUT2D eigenvalue weighted by molar-refractivity contribution is 0.585. The maximum Gasteiger partial charge on any atom is 0.155 e. The van der Waals surface area contributed by atoms with Gasteiger partial charge in [0.15, 0.2) is 5.82 Å². The largest absolute Gasteiger partial charge is 0.369 e. The molecule has 1 aliphatic heterocycles. The van der Waals surface area contributed by atoms with Crippen LogP contribution < -0.4 is 4.90 Å². The van der Waals surface area contributed by atoms with Crippen LogP contribution in [0.4, 0.5) is 10.1 Å². The molecule has 154 valence electrons. The molecule has 1 aromatic carbocycles. The molecule has 4 aromatic rings. The number of rotatable bonds is 3. The molecule has 0 saturated carbocycles. The lowest BCUT2D eigenvalue weighted by Crippen LogP contribution is -2.19. The molecule has 1 N–H and O–H groups in total. The third-order valence-electron chi connectivity index (χ3n) is 5.52. The van der Waals surface area contributed by atoms with Crippen LogP contribution in [-0.4, -0.2) is 33.0 Å². The van der Waals surface area contributed by atoms with Crippen LogP contribution in [0.2, 0.25) is 0 Å². The van der Waals surface area contributed by atoms with Gasteiger partial charge in [0.2, 0.25) is 0 Å². The van der Waals surface area contributed by atoms with E-state index in [1.165, 1.54) is 0 Å². The number of anilines is 1. The van der Waals surface area contributed by atoms with Gasteiger partial charge in [-0.25, -0.2) is 19.3 Å². The molecule has 0 amide bonds. The number of halogens is 1. The minimum atomic E-state index is -0.203. The Bertz CT molecular complexity index is 1210. The normalized spacial score (nSPS) is 14.7. The van der Waals surface area contributed by atoms with Gasteiger partial charge in [0.1, 0.15) is 12.0 Å². The van der Waals surface area contributed by atoms with Gasteiger partial charge in [0, 0.05) is 35.7 Å². The maximum absolute atomic E-state index is 15.7. The van der Waals surface area contributed by atoms with Crippen molar-refractivity contribution in [1.82, 2.24) is 19.9 Å². The molecule has 3 aromatic heterocycles. The number of hydrogen-bond donors (Lipinski definition) is 1. The molecule has 1 fully saturated rings. The van der Waals surface area contributed by atoms with Crippen LogP contribution in [0.3, 0.4) is 0 Å². The average molecular weight is 422 g/mol. The van der Waals surface area contributed by atoms with E-state index in [0.29, 0.717) is 16.9 Å². The van der Waals surface area contributed by atoms with E-state index in [-0.39, 0.29) is 11.2 Å². The molecule has 5 rings (SSSR count). The first-order chi connectivity index (χ1) is 14.4. The topological polar surface area (TPSA) is 57.7 Å². The van der Waals surface area contributed by atoms with Crippen LogP contribution in [0.5, 0.6) is 0 Å². The number of nitrogens with zero attached hydrogens (tertiary/aromatic N) is 4. The molecule has 5 nitrogen and oxygen atoms in total. The van der Waals surface area contributed by atoms with Gasteiger partial charge in [-0.05, 0) is 31.0 Å². The summed E-state index contributed by atoms with van der Waals surface area (Å²) in [6.45, 7) is 8.17. The first-order valence-electron chi connectivity index (χ1n) is 10.3. The zero-order valence-electron chi connectivity index (χ0n) is 17.4. The number of aromatic nitrogens is 4. The summed E-state index contributed by atoms with van der Waals surface area (Å²) >= 11 is 1.58. The monoisotopic (exact) mass is 421 g/mol. The van der Waals surface area contributed by atoms with Crippen molar-refractivity contribution in [2.45, 2.75) is 39.0 Å². The lowest BCUT2D eigenvalue weighted by Gasteiger charge is -2.19. The lowest BCUT2D eigenvalue weighted by atomic mass is 9.98. The molecule has 0 radical (unpaired) electrons. The van der Waals surface area contributed by atoms with Gasteiger partial charge < -0.3 is 9.88 Å². The minimum Gasteiger partial charge on any atom is -0.369 e. The van der Waals surface area contributed by atoms with Gasteiger partial charge in [-0.2, -0.15) is 0 Å². The molecule has 0 spiro atoms. The standard InChI is InChI=1S/C23H24FN5S/c1-23(2,3)22-28-19(14-7-6-8-16(17(14)24)29-11-4-5-12-29)20(30-22)18-15-9-10-25-21(15)27-13-26-18/h6-10,13H,4-5,11-12H2,1-3H3,(H,25,26,27). The molecule has 1 aliphatic rings. The Morgan fingerprint density at radius 2 is 1.87 bits per heavy atom. The van der Waals surface area contributed by atoms with E-state index in [2.05, 4.69) is 40.6 Å². The summed E-state index contributed by atoms with van der Waals surface area (Å²) in [6.07, 6.45) is 5.60. The summed E-state index contributed by atoms with van der Waals surface area (Å²) < 4.78 is 15.7. The average Bonchev–Trinajstić information content (AvgIpc) is 3.46. The second kappa shape index (κ2) is 7.16. The molecule has 1 saturated heterocycles. The van der Waals surface area contributed by atoms with Crippen molar-refractivity contribution in [3.63, 3.8) is 0 Å². The van der Waals surface area contributed by atoms with Crippen molar-refractivity contribution < 1.29 is 4.39 Å². The van der Waals surface area contributed by atoms with E-state index < -0.39 is 0 Å². The summed E-state index contributed by atoms with van der Waals surface area (Å²) in [5.41, 5.74) is 3.26. The van der Waals surface area contributed by atoms with Gasteiger partial charge in [-0.1, -0.05) is 26.8 Å². The van der Waals surface area contributed by atoms with Crippen LogP contribution in [0.1, 0.15) is 38.6 Å². The van der Waals surface area contributed by atoms with Crippen molar-refractivity contribution >= 4 is 28.1 Å². The van der Waals surface area contributed by atoms with Crippen LogP contribution in [0.25, 0.3) is 32.9 Å². The fraction of sp³-hybridized carbons (Fsp3) is 0.348. The van der Waals surface area contributed by atoms with Crippen LogP contribution >= 0.6 is 11.3 Å². The molecular weight excluding hydrogens is 397 g/mol. The number of benzene rings is 1. The summed E-state index contributed by atoms with van der Waals surface area (Å²) in [4.78, 5) is 20.0. The number of fused-ring (bicyclic) bond motifs is 1. The van der Waals surface area contributed by atoms with Crippen LogP contribution in [0, 0.1) is 5.82 Å². The number of hydrogen-bond acceptors (Lipinski definition) is 5. The molecular formula is C23H24FN5S. The van der Waals surface area contributed by atoms with Crippen molar-refractivity contribution in [1.29, 1.82) is 0 Å². The first kappa shape index (κ1) is 19.2. The molecule has 0 atom stereocenters. The van der Waals surface area contributed by atoms with E-state index in [4.69, 9.17) is 4.98 Å². The van der Waals surface area contributed by atoms with E-state index in [9.17, 15) is 0 Å². The zero-order valence-corrected chi connectivity index (χ0v) is 18.2. The van der Waals surface area contributed by atoms with E-state index in [1.54, 1.807) is 17.7 Å². The Hall–Kier alpha value is -2.80. The highest BCUT2D eigenvalue weighted by molar-refractivity contribution is 7.16. The predicted octanol–water partition coefficient (Wildman–Crippen LogP) is 5.79. The SMILES string of the molecule is CC(C)(C)c1nc(-c2cccc(N3CCCC3)c2F)c(-c2ncnc3[nH]ccc23)s1. The summed E-state index contributed by atoms with van der Waals surface area (Å²) in [7, 11) is 0. The minimum absolute atomic E-state index is 0.148. The first-order valence-corrected chi connectivity index (χ1v) is 11.1. The molecule has 0 aliphatic carbocycles. The highest BCUT2D eigenvalue weighted by Crippen LogP contribution is 2.43. The second-order valence-corrected chi connectivity index (χ2v) is 9.74. The van der Waals surface area contributed by atoms with Crippen LogP contribution in [-0.2, 0) is 5.41 Å². The highest BCUT2D eigenvalue weighted by atomic mass is 32.1. The second-order valence-electron chi connectivity index (χ2n) is 8.74. The van der Waals surface area contributed by atoms with Crippen molar-refractivity contribution in [2.75, 3.05) is 18.0 Å². The predicted molar refractivity (Wildman–Crippen MR) is 121 cm³/mol. The van der Waals surface area contributed by atoms with Gasteiger partial charge >= 0.3 is 0 Å². The number of H-pyrrole nitrogens is 1. The Morgan fingerprint density at radius 1 is 1.07 bits per heavy atom. The smallest absolute Gasteiger partial charge is 0.155 e. The Balaban J connectivity index is 1.74. The molecule has 0 bridgehead atoms. The fourth-order valence-electron chi connectivity index (χ4n) is 3.94. The molecule has 0 unspecified atom stereocenters. The summed E-state index contributed by atoms with van der Waals surface area (Å²) in [5.74, 6) is -0.203. The Morgan fingerprint density at radius 3 is 2.63 bits per heavy atom. The number of aromatic amines is 1. The quantitative estimate of drug-likeness (QED) is 0.455. The van der Waals surface area contributed by atoms with Crippen LogP contribution in [0.15, 0.2) is 36.8 Å². The number of thiazole rings is 1. The van der Waals surface area contributed by atoms with Gasteiger partial charge in [0.25, 0.3) is 0 Å². The Kier molecular flexibility index (Phi) is 4.58. The van der Waals surface area contributed by atoms with Gasteiger partial charge in [-0.3, -0.25) is 0 Å². The fourth-order valence-corrected chi connectivity index (χ4v) is 5.09. The molecule has 4 heterocycles. The van der Waals surface area contributed by atoms with E-state index >= 15 is 4.39 Å². The Labute approximate surface area is 179 Å². The molecule has 30 heavy (non-hydrogen) atoms. The third kappa shape index (κ3) is 3.17. The van der Waals surface area contributed by atoms with Gasteiger partial charge in [0.05, 0.1) is 27.0 Å². The van der Waals surface area contributed by atoms with E-state index in [1.807, 2.05) is 30.5 Å². The van der Waals surface area contributed by atoms with Crippen molar-refractivity contribution in [2.24, 2.45) is 0 Å². The zero-order chi connectivity index (χ0) is 20.9. The van der Waals surface area contributed by atoms with Crippen molar-refractivity contribution in [3.8, 4) is 21.8 Å². The van der Waals surface area contributed by atoms with Crippen molar-refractivity contribution in [3.05, 3.63) is 47.6 Å². The van der Waals surface area contributed by atoms with E-state index in [0.717, 1.165) is 52.5 Å². The highest BCUT2D eigenvalue weighted by Gasteiger charge is 2.27. The maximum atomic E-state index is 15.7. The molecule has 7 heteroatoms. The van der Waals surface area contributed by atoms with Gasteiger partial charge in [-0.15, -0.1) is 11.3 Å².